The summed E-state index contributed by atoms with van der Waals surface area (Å²) < 4.78 is 0. The van der Waals surface area contributed by atoms with E-state index in [9.17, 15) is 0 Å². The number of allylic oxidation sites excluding steroid dienone is 1. The fraction of sp³-hybridized carbons (Fsp3) is 0.143. The number of anilines is 1. The molecule has 0 bridgehead atoms. The van der Waals surface area contributed by atoms with Crippen LogP contribution in [0.25, 0.3) is 10.9 Å². The van der Waals surface area contributed by atoms with Crippen LogP contribution in [0.5, 0.6) is 0 Å². The maximum absolute atomic E-state index is 5.89. The zero-order chi connectivity index (χ0) is 13.5. The van der Waals surface area contributed by atoms with Crippen molar-refractivity contribution in [1.82, 2.24) is 15.3 Å². The van der Waals surface area contributed by atoms with Crippen LogP contribution in [-0.4, -0.2) is 23.1 Å². The molecule has 0 radical (unpaired) electrons. The van der Waals surface area contributed by atoms with Gasteiger partial charge in [-0.2, -0.15) is 0 Å². The molecule has 0 aliphatic heterocycles. The molecule has 0 unspecified atom stereocenters. The van der Waals surface area contributed by atoms with Gasteiger partial charge in [0.25, 0.3) is 0 Å². The first-order valence-corrected chi connectivity index (χ1v) is 6.20. The zero-order valence-electron chi connectivity index (χ0n) is 10.2. The van der Waals surface area contributed by atoms with E-state index >= 15 is 0 Å². The molecule has 0 saturated carbocycles. The van der Waals surface area contributed by atoms with Gasteiger partial charge >= 0.3 is 0 Å². The average Bonchev–Trinajstić information content (AvgIpc) is 2.42. The Morgan fingerprint density at radius 1 is 1.26 bits per heavy atom. The normalized spacial score (nSPS) is 10.5. The number of rotatable bonds is 5. The average molecular weight is 273 g/mol. The fourth-order valence-electron chi connectivity index (χ4n) is 1.63. The van der Waals surface area contributed by atoms with Crippen LogP contribution >= 0.6 is 11.6 Å². The number of benzene rings is 1. The van der Waals surface area contributed by atoms with Crippen molar-refractivity contribution in [3.63, 3.8) is 0 Å². The third-order valence-electron chi connectivity index (χ3n) is 2.44. The molecule has 5 heteroatoms. The molecule has 0 spiro atoms. The van der Waals surface area contributed by atoms with Crippen LogP contribution in [0.2, 0.25) is 5.28 Å². The molecule has 0 fully saturated rings. The van der Waals surface area contributed by atoms with E-state index in [1.807, 2.05) is 24.3 Å². The summed E-state index contributed by atoms with van der Waals surface area (Å²) in [6.07, 6.45) is 8.43. The summed E-state index contributed by atoms with van der Waals surface area (Å²) in [5, 5.41) is 7.47. The van der Waals surface area contributed by atoms with Gasteiger partial charge in [0.2, 0.25) is 5.28 Å². The topological polar surface area (TPSA) is 49.8 Å². The fourth-order valence-corrected chi connectivity index (χ4v) is 1.80. The van der Waals surface area contributed by atoms with Gasteiger partial charge in [0, 0.05) is 30.8 Å². The second-order valence-corrected chi connectivity index (χ2v) is 4.08. The summed E-state index contributed by atoms with van der Waals surface area (Å²) in [5.41, 5.74) is 0.824. The Bertz CT molecular complexity index is 631. The summed E-state index contributed by atoms with van der Waals surface area (Å²) >= 11 is 5.89. The van der Waals surface area contributed by atoms with Crippen LogP contribution in [0.4, 0.5) is 5.82 Å². The van der Waals surface area contributed by atoms with Gasteiger partial charge in [0.1, 0.15) is 5.82 Å². The summed E-state index contributed by atoms with van der Waals surface area (Å²) in [5.74, 6) is 3.14. The number of fused-ring (bicyclic) bond motifs is 1. The van der Waals surface area contributed by atoms with E-state index in [0.29, 0.717) is 6.54 Å². The smallest absolute Gasteiger partial charge is 0.224 e. The van der Waals surface area contributed by atoms with Crippen molar-refractivity contribution in [1.29, 1.82) is 0 Å². The number of nitrogens with one attached hydrogen (secondary N) is 2. The largest absolute Gasteiger partial charge is 0.389 e. The van der Waals surface area contributed by atoms with Gasteiger partial charge in [0.15, 0.2) is 0 Å². The minimum absolute atomic E-state index is 0.237. The lowest BCUT2D eigenvalue weighted by atomic mass is 10.2. The Morgan fingerprint density at radius 3 is 2.95 bits per heavy atom. The van der Waals surface area contributed by atoms with Gasteiger partial charge in [-0.25, -0.2) is 9.97 Å². The quantitative estimate of drug-likeness (QED) is 0.499. The van der Waals surface area contributed by atoms with Gasteiger partial charge in [0.05, 0.1) is 5.52 Å². The summed E-state index contributed by atoms with van der Waals surface area (Å²) in [4.78, 5) is 8.37. The summed E-state index contributed by atoms with van der Waals surface area (Å²) in [7, 11) is 0. The molecule has 1 aromatic carbocycles. The predicted octanol–water partition coefficient (Wildman–Crippen LogP) is 2.43. The van der Waals surface area contributed by atoms with E-state index in [1.54, 1.807) is 12.3 Å². The Balaban J connectivity index is 2.04. The van der Waals surface area contributed by atoms with Crippen LogP contribution in [0.3, 0.4) is 0 Å². The Hall–Kier alpha value is -2.25. The molecule has 0 saturated heterocycles. The molecule has 0 atom stereocenters. The van der Waals surface area contributed by atoms with Crippen molar-refractivity contribution in [3.8, 4) is 12.3 Å². The molecular formula is C14H13ClN4. The summed E-state index contributed by atoms with van der Waals surface area (Å²) in [6, 6.07) is 7.72. The highest BCUT2D eigenvalue weighted by Gasteiger charge is 2.04. The van der Waals surface area contributed by atoms with E-state index in [4.69, 9.17) is 18.0 Å². The summed E-state index contributed by atoms with van der Waals surface area (Å²) in [6.45, 7) is 1.43. The highest BCUT2D eigenvalue weighted by molar-refractivity contribution is 6.28. The molecule has 0 amide bonds. The lowest BCUT2D eigenvalue weighted by Crippen LogP contribution is -2.18. The van der Waals surface area contributed by atoms with Crippen LogP contribution in [-0.2, 0) is 0 Å². The third kappa shape index (κ3) is 3.60. The van der Waals surface area contributed by atoms with Crippen molar-refractivity contribution in [2.45, 2.75) is 0 Å². The number of halogens is 1. The Morgan fingerprint density at radius 2 is 2.11 bits per heavy atom. The molecule has 19 heavy (non-hydrogen) atoms. The highest BCUT2D eigenvalue weighted by Crippen LogP contribution is 2.21. The zero-order valence-corrected chi connectivity index (χ0v) is 11.0. The first kappa shape index (κ1) is 13.2. The van der Waals surface area contributed by atoms with Crippen LogP contribution < -0.4 is 10.6 Å². The van der Waals surface area contributed by atoms with Gasteiger partial charge in [-0.15, -0.1) is 6.42 Å². The molecule has 2 N–H and O–H groups in total. The van der Waals surface area contributed by atoms with Gasteiger partial charge in [-0.1, -0.05) is 18.1 Å². The molecule has 0 aliphatic rings. The molecule has 1 aromatic heterocycles. The predicted molar refractivity (Wildman–Crippen MR) is 79.0 cm³/mol. The number of hydrogen-bond acceptors (Lipinski definition) is 4. The van der Waals surface area contributed by atoms with E-state index in [1.165, 1.54) is 0 Å². The molecule has 2 rings (SSSR count). The molecule has 1 heterocycles. The van der Waals surface area contributed by atoms with Crippen LogP contribution in [0.15, 0.2) is 36.5 Å². The van der Waals surface area contributed by atoms with Crippen LogP contribution in [0, 0.1) is 12.3 Å². The molecule has 4 nitrogen and oxygen atoms in total. The number of hydrogen-bond donors (Lipinski definition) is 2. The van der Waals surface area contributed by atoms with Crippen molar-refractivity contribution < 1.29 is 0 Å². The van der Waals surface area contributed by atoms with E-state index in [0.717, 1.165) is 23.3 Å². The molecular weight excluding hydrogens is 260 g/mol. The maximum Gasteiger partial charge on any atom is 0.224 e. The molecule has 0 aliphatic carbocycles. The van der Waals surface area contributed by atoms with Crippen molar-refractivity contribution >= 4 is 28.3 Å². The number of aromatic nitrogens is 2. The van der Waals surface area contributed by atoms with Crippen LogP contribution in [0.1, 0.15) is 0 Å². The van der Waals surface area contributed by atoms with E-state index < -0.39 is 0 Å². The second-order valence-electron chi connectivity index (χ2n) is 3.74. The highest BCUT2D eigenvalue weighted by atomic mass is 35.5. The lowest BCUT2D eigenvalue weighted by molar-refractivity contribution is 0.866. The Labute approximate surface area is 116 Å². The minimum Gasteiger partial charge on any atom is -0.389 e. The second kappa shape index (κ2) is 6.62. The lowest BCUT2D eigenvalue weighted by Gasteiger charge is -2.08. The molecule has 96 valence electrons. The van der Waals surface area contributed by atoms with E-state index in [-0.39, 0.29) is 5.28 Å². The van der Waals surface area contributed by atoms with Crippen molar-refractivity contribution in [2.75, 3.05) is 18.4 Å². The Kier molecular flexibility index (Phi) is 4.60. The van der Waals surface area contributed by atoms with Gasteiger partial charge in [-0.05, 0) is 23.7 Å². The minimum atomic E-state index is 0.237. The van der Waals surface area contributed by atoms with Crippen molar-refractivity contribution in [3.05, 3.63) is 41.8 Å². The SMILES string of the molecule is C#C/C=C/NCCNc1nc(Cl)nc2ccccc12. The van der Waals surface area contributed by atoms with Gasteiger partial charge < -0.3 is 10.6 Å². The number of nitrogens with zero attached hydrogens (tertiary/aromatic N) is 2. The standard InChI is InChI=1S/C14H13ClN4/c1-2-3-8-16-9-10-17-13-11-6-4-5-7-12(11)18-14(15)19-13/h1,3-8,16H,9-10H2,(H,17,18,19)/b8-3+. The third-order valence-corrected chi connectivity index (χ3v) is 2.60. The molecule has 2 aromatic rings. The first-order valence-electron chi connectivity index (χ1n) is 5.82. The first-order chi connectivity index (χ1) is 9.31. The number of para-hydroxylation sites is 1. The maximum atomic E-state index is 5.89. The van der Waals surface area contributed by atoms with E-state index in [2.05, 4.69) is 26.5 Å². The van der Waals surface area contributed by atoms with Crippen molar-refractivity contribution in [2.24, 2.45) is 0 Å². The number of terminal acetylenes is 1. The monoisotopic (exact) mass is 272 g/mol. The van der Waals surface area contributed by atoms with Gasteiger partial charge in [-0.3, -0.25) is 0 Å².